The van der Waals surface area contributed by atoms with Crippen LogP contribution in [0.1, 0.15) is 77.0 Å². The lowest BCUT2D eigenvalue weighted by Gasteiger charge is -2.13. The van der Waals surface area contributed by atoms with Crippen molar-refractivity contribution in [1.29, 1.82) is 0 Å². The molecule has 2 nitrogen and oxygen atoms in total. The van der Waals surface area contributed by atoms with E-state index < -0.39 is 40.8 Å². The normalized spacial score (nSPS) is 15.6. The molecule has 1 aliphatic rings. The average molecular weight is 392 g/mol. The Morgan fingerprint density at radius 1 is 0.741 bits per heavy atom. The molecule has 27 heavy (non-hydrogen) atoms. The van der Waals surface area contributed by atoms with Crippen molar-refractivity contribution in [2.45, 2.75) is 77.0 Å². The van der Waals surface area contributed by atoms with Crippen LogP contribution < -0.4 is 4.74 Å². The molecule has 0 unspecified atom stereocenters. The van der Waals surface area contributed by atoms with Gasteiger partial charge in [-0.2, -0.15) is 8.78 Å². The Morgan fingerprint density at radius 3 is 1.85 bits per heavy atom. The van der Waals surface area contributed by atoms with Gasteiger partial charge in [-0.1, -0.05) is 64.2 Å². The van der Waals surface area contributed by atoms with Gasteiger partial charge in [-0.05, 0) is 12.3 Å². The number of halogens is 5. The minimum atomic E-state index is -2.28. The summed E-state index contributed by atoms with van der Waals surface area (Å²) in [4.78, 5) is 11.6. The van der Waals surface area contributed by atoms with Crippen molar-refractivity contribution >= 4 is 5.97 Å². The summed E-state index contributed by atoms with van der Waals surface area (Å²) in [6.07, 6.45) is 12.0. The van der Waals surface area contributed by atoms with Crippen LogP contribution in [0.5, 0.6) is 5.75 Å². The second-order valence-electron chi connectivity index (χ2n) is 7.18. The number of ether oxygens (including phenoxy) is 1. The predicted molar refractivity (Wildman–Crippen MR) is 90.8 cm³/mol. The van der Waals surface area contributed by atoms with Crippen molar-refractivity contribution in [3.63, 3.8) is 0 Å². The lowest BCUT2D eigenvalue weighted by atomic mass is 9.93. The summed E-state index contributed by atoms with van der Waals surface area (Å²) >= 11 is 0. The Bertz CT molecular complexity index is 611. The first-order valence-electron chi connectivity index (χ1n) is 9.64. The summed E-state index contributed by atoms with van der Waals surface area (Å²) in [5.41, 5.74) is 0. The molecule has 0 N–H and O–H groups in total. The van der Waals surface area contributed by atoms with Gasteiger partial charge >= 0.3 is 5.97 Å². The fourth-order valence-electron chi connectivity index (χ4n) is 3.55. The quantitative estimate of drug-likeness (QED) is 0.0948. The maximum atomic E-state index is 13.5. The molecule has 0 aromatic heterocycles. The van der Waals surface area contributed by atoms with E-state index in [0.717, 1.165) is 25.2 Å². The molecule has 0 saturated heterocycles. The van der Waals surface area contributed by atoms with Gasteiger partial charge in [0, 0.05) is 6.42 Å². The summed E-state index contributed by atoms with van der Waals surface area (Å²) in [6, 6.07) is 0. The number of carbonyl (C=O) groups excluding carboxylic acids is 1. The Labute approximate surface area is 156 Å². The van der Waals surface area contributed by atoms with Crippen molar-refractivity contribution in [2.24, 2.45) is 5.92 Å². The molecule has 0 heterocycles. The first-order chi connectivity index (χ1) is 12.9. The van der Waals surface area contributed by atoms with E-state index in [1.165, 1.54) is 44.9 Å². The largest absolute Gasteiger partial charge is 0.420 e. The molecule has 1 aromatic rings. The van der Waals surface area contributed by atoms with Crippen LogP contribution in [0.3, 0.4) is 0 Å². The van der Waals surface area contributed by atoms with Crippen LogP contribution in [0.15, 0.2) is 0 Å². The number of benzene rings is 1. The van der Waals surface area contributed by atoms with Crippen LogP contribution in [0, 0.1) is 35.0 Å². The zero-order valence-corrected chi connectivity index (χ0v) is 15.3. The predicted octanol–water partition coefficient (Wildman–Crippen LogP) is 6.60. The van der Waals surface area contributed by atoms with E-state index in [0.29, 0.717) is 6.42 Å². The second kappa shape index (κ2) is 10.6. The molecule has 0 amide bonds. The van der Waals surface area contributed by atoms with Crippen molar-refractivity contribution in [1.82, 2.24) is 0 Å². The van der Waals surface area contributed by atoms with Gasteiger partial charge in [-0.15, -0.1) is 0 Å². The van der Waals surface area contributed by atoms with Crippen LogP contribution in [0.4, 0.5) is 22.0 Å². The topological polar surface area (TPSA) is 26.3 Å². The van der Waals surface area contributed by atoms with Gasteiger partial charge in [0.2, 0.25) is 34.8 Å². The molecular formula is C20H25F5O2. The van der Waals surface area contributed by atoms with Gasteiger partial charge in [0.05, 0.1) is 0 Å². The van der Waals surface area contributed by atoms with Gasteiger partial charge in [0.1, 0.15) is 0 Å². The average Bonchev–Trinajstić information content (AvgIpc) is 2.93. The zero-order valence-electron chi connectivity index (χ0n) is 15.3. The minimum Gasteiger partial charge on any atom is -0.420 e. The van der Waals surface area contributed by atoms with Gasteiger partial charge in [0.25, 0.3) is 0 Å². The van der Waals surface area contributed by atoms with E-state index in [2.05, 4.69) is 4.74 Å². The lowest BCUT2D eigenvalue weighted by Crippen LogP contribution is -2.13. The number of rotatable bonds is 8. The number of unbranched alkanes of at least 4 members (excludes halogenated alkanes) is 3. The molecule has 1 aromatic carbocycles. The summed E-state index contributed by atoms with van der Waals surface area (Å²) in [7, 11) is 0. The van der Waals surface area contributed by atoms with Crippen LogP contribution >= 0.6 is 0 Å². The Balaban J connectivity index is 1.69. The number of hydrogen-bond donors (Lipinski definition) is 0. The second-order valence-corrected chi connectivity index (χ2v) is 7.18. The molecule has 152 valence electrons. The van der Waals surface area contributed by atoms with Crippen LogP contribution in [0.25, 0.3) is 0 Å². The lowest BCUT2D eigenvalue weighted by molar-refractivity contribution is -0.135. The Morgan fingerprint density at radius 2 is 1.26 bits per heavy atom. The van der Waals surface area contributed by atoms with Gasteiger partial charge in [0.15, 0.2) is 0 Å². The van der Waals surface area contributed by atoms with Gasteiger partial charge < -0.3 is 4.74 Å². The highest BCUT2D eigenvalue weighted by Crippen LogP contribution is 2.30. The third kappa shape index (κ3) is 6.18. The first kappa shape index (κ1) is 21.6. The molecule has 0 aliphatic heterocycles. The van der Waals surface area contributed by atoms with Crippen molar-refractivity contribution in [3.05, 3.63) is 29.1 Å². The molecule has 1 saturated carbocycles. The fraction of sp³-hybridized carbons (Fsp3) is 0.650. The van der Waals surface area contributed by atoms with Crippen molar-refractivity contribution in [2.75, 3.05) is 0 Å². The summed E-state index contributed by atoms with van der Waals surface area (Å²) in [5.74, 6) is -12.6. The van der Waals surface area contributed by atoms with E-state index in [1.54, 1.807) is 0 Å². The van der Waals surface area contributed by atoms with Crippen LogP contribution in [-0.2, 0) is 4.79 Å². The molecule has 1 fully saturated rings. The van der Waals surface area contributed by atoms with Gasteiger partial charge in [-0.25, -0.2) is 13.2 Å². The Kier molecular flexibility index (Phi) is 8.51. The summed E-state index contributed by atoms with van der Waals surface area (Å²) in [6.45, 7) is 0. The molecule has 7 heteroatoms. The van der Waals surface area contributed by atoms with Crippen molar-refractivity contribution in [3.8, 4) is 5.75 Å². The molecule has 0 radical (unpaired) electrons. The van der Waals surface area contributed by atoms with E-state index >= 15 is 0 Å². The van der Waals surface area contributed by atoms with Crippen LogP contribution in [-0.4, -0.2) is 5.97 Å². The number of esters is 1. The molecule has 0 spiro atoms. The van der Waals surface area contributed by atoms with E-state index in [1.807, 2.05) is 0 Å². The van der Waals surface area contributed by atoms with Crippen molar-refractivity contribution < 1.29 is 31.5 Å². The Hall–Kier alpha value is -1.66. The molecule has 0 bridgehead atoms. The smallest absolute Gasteiger partial charge is 0.311 e. The molecular weight excluding hydrogens is 367 g/mol. The maximum absolute atomic E-state index is 13.5. The number of carbonyl (C=O) groups is 1. The minimum absolute atomic E-state index is 0.136. The monoisotopic (exact) mass is 392 g/mol. The third-order valence-corrected chi connectivity index (χ3v) is 5.10. The molecule has 2 rings (SSSR count). The molecule has 0 atom stereocenters. The zero-order chi connectivity index (χ0) is 19.8. The van der Waals surface area contributed by atoms with Crippen LogP contribution in [0.2, 0.25) is 0 Å². The maximum Gasteiger partial charge on any atom is 0.311 e. The summed E-state index contributed by atoms with van der Waals surface area (Å²) < 4.78 is 70.4. The van der Waals surface area contributed by atoms with E-state index in [9.17, 15) is 26.7 Å². The highest BCUT2D eigenvalue weighted by molar-refractivity contribution is 5.72. The van der Waals surface area contributed by atoms with E-state index in [-0.39, 0.29) is 6.42 Å². The number of hydrogen-bond acceptors (Lipinski definition) is 2. The first-order valence-corrected chi connectivity index (χ1v) is 9.64. The standard InChI is InChI=1S/C20H25F5O2/c21-15-16(22)18(24)20(19(25)17(15)23)27-14(26)12-8-4-3-7-11-13-9-5-1-2-6-10-13/h13H,1-12H2. The highest BCUT2D eigenvalue weighted by atomic mass is 19.2. The van der Waals surface area contributed by atoms with E-state index in [4.69, 9.17) is 0 Å². The SMILES string of the molecule is O=C(CCCCCCC1CCCCCC1)Oc1c(F)c(F)c(F)c(F)c1F. The fourth-order valence-corrected chi connectivity index (χ4v) is 3.55. The van der Waals surface area contributed by atoms with Gasteiger partial charge in [-0.3, -0.25) is 4.79 Å². The molecule has 1 aliphatic carbocycles. The summed E-state index contributed by atoms with van der Waals surface area (Å²) in [5, 5.41) is 0. The highest BCUT2D eigenvalue weighted by Gasteiger charge is 2.28. The third-order valence-electron chi connectivity index (χ3n) is 5.10.